The van der Waals surface area contributed by atoms with Crippen LogP contribution in [0.1, 0.15) is 5.56 Å². The topological polar surface area (TPSA) is 89.7 Å². The van der Waals surface area contributed by atoms with Gasteiger partial charge in [0.1, 0.15) is 11.1 Å². The van der Waals surface area contributed by atoms with Crippen LogP contribution in [-0.4, -0.2) is 20.2 Å². The molecular weight excluding hydrogens is 310 g/mol. The van der Waals surface area contributed by atoms with Crippen molar-refractivity contribution in [3.05, 3.63) is 34.4 Å². The summed E-state index contributed by atoms with van der Waals surface area (Å²) in [6, 6.07) is 5.79. The van der Waals surface area contributed by atoms with Crippen molar-refractivity contribution in [1.29, 1.82) is 0 Å². The largest absolute Gasteiger partial charge is 0.437 e. The molecule has 0 radical (unpaired) electrons. The van der Waals surface area contributed by atoms with Gasteiger partial charge in [0.05, 0.1) is 10.7 Å². The Morgan fingerprint density at radius 2 is 2.16 bits per heavy atom. The number of halogens is 1. The van der Waals surface area contributed by atoms with Gasteiger partial charge in [0.2, 0.25) is 11.8 Å². The molecule has 2 aromatic heterocycles. The molecule has 1 aromatic carbocycles. The smallest absolute Gasteiger partial charge is 0.235 e. The van der Waals surface area contributed by atoms with Crippen LogP contribution in [-0.2, 0) is 0 Å². The zero-order valence-electron chi connectivity index (χ0n) is 10.0. The molecule has 3 aromatic rings. The summed E-state index contributed by atoms with van der Waals surface area (Å²) in [4.78, 5) is 8.13. The molecule has 3 N–H and O–H groups in total. The molecule has 3 rings (SSSR count). The number of nitrogens with two attached hydrogens (primary N) is 1. The number of rotatable bonds is 2. The number of nitrogen functional groups attached to an aromatic ring is 1. The molecule has 0 saturated carbocycles. The Hall–Kier alpha value is -2.15. The first-order valence-corrected chi connectivity index (χ1v) is 6.33. The molecule has 96 valence electrons. The first-order valence-electron chi connectivity index (χ1n) is 5.54. The number of hydrogen-bond donors (Lipinski definition) is 2. The van der Waals surface area contributed by atoms with E-state index < -0.39 is 0 Å². The Morgan fingerprint density at radius 3 is 2.95 bits per heavy atom. The molecule has 0 aliphatic rings. The van der Waals surface area contributed by atoms with E-state index >= 15 is 0 Å². The van der Waals surface area contributed by atoms with Gasteiger partial charge in [-0.1, -0.05) is 6.07 Å². The Morgan fingerprint density at radius 1 is 1.32 bits per heavy atom. The van der Waals surface area contributed by atoms with Gasteiger partial charge in [-0.3, -0.25) is 5.10 Å². The zero-order chi connectivity index (χ0) is 13.4. The second-order valence-electron chi connectivity index (χ2n) is 4.06. The lowest BCUT2D eigenvalue weighted by Crippen LogP contribution is -1.98. The van der Waals surface area contributed by atoms with Crippen molar-refractivity contribution in [2.75, 3.05) is 5.73 Å². The van der Waals surface area contributed by atoms with Crippen LogP contribution in [0.4, 0.5) is 5.95 Å². The molecule has 0 saturated heterocycles. The van der Waals surface area contributed by atoms with Gasteiger partial charge < -0.3 is 10.5 Å². The van der Waals surface area contributed by atoms with Crippen molar-refractivity contribution in [2.45, 2.75) is 6.92 Å². The molecule has 6 nitrogen and oxygen atoms in total. The molecule has 2 heterocycles. The Kier molecular flexibility index (Phi) is 2.83. The van der Waals surface area contributed by atoms with Gasteiger partial charge in [0.15, 0.2) is 5.65 Å². The number of H-pyrrole nitrogens is 1. The van der Waals surface area contributed by atoms with Crippen LogP contribution < -0.4 is 10.5 Å². The third kappa shape index (κ3) is 2.24. The SMILES string of the molecule is Cc1ccc(Oc2nc(N)nc3[nH]ncc23)c(Br)c1. The van der Waals surface area contributed by atoms with Crippen molar-refractivity contribution in [3.8, 4) is 11.6 Å². The summed E-state index contributed by atoms with van der Waals surface area (Å²) in [5.41, 5.74) is 7.32. The maximum atomic E-state index is 5.78. The van der Waals surface area contributed by atoms with Gasteiger partial charge in [-0.05, 0) is 40.5 Å². The fraction of sp³-hybridized carbons (Fsp3) is 0.0833. The molecule has 0 aliphatic carbocycles. The summed E-state index contributed by atoms with van der Waals surface area (Å²) in [6.07, 6.45) is 1.60. The highest BCUT2D eigenvalue weighted by Gasteiger charge is 2.11. The number of ether oxygens (including phenoxy) is 1. The zero-order valence-corrected chi connectivity index (χ0v) is 11.6. The monoisotopic (exact) mass is 319 g/mol. The van der Waals surface area contributed by atoms with E-state index in [4.69, 9.17) is 10.5 Å². The van der Waals surface area contributed by atoms with Crippen LogP contribution in [0.25, 0.3) is 11.0 Å². The van der Waals surface area contributed by atoms with Crippen molar-refractivity contribution in [3.63, 3.8) is 0 Å². The van der Waals surface area contributed by atoms with Gasteiger partial charge in [-0.25, -0.2) is 0 Å². The molecular formula is C12H10BrN5O. The number of aromatic nitrogens is 4. The van der Waals surface area contributed by atoms with E-state index in [-0.39, 0.29) is 5.95 Å². The van der Waals surface area contributed by atoms with Crippen LogP contribution >= 0.6 is 15.9 Å². The van der Waals surface area contributed by atoms with Gasteiger partial charge in [0.25, 0.3) is 0 Å². The van der Waals surface area contributed by atoms with Gasteiger partial charge in [-0.2, -0.15) is 15.1 Å². The molecule has 0 amide bonds. The quantitative estimate of drug-likeness (QED) is 0.758. The fourth-order valence-corrected chi connectivity index (χ4v) is 2.27. The summed E-state index contributed by atoms with van der Waals surface area (Å²) in [5.74, 6) is 1.17. The first kappa shape index (κ1) is 11.9. The molecule has 0 bridgehead atoms. The van der Waals surface area contributed by atoms with Crippen molar-refractivity contribution in [2.24, 2.45) is 0 Å². The number of nitrogens with one attached hydrogen (secondary N) is 1. The van der Waals surface area contributed by atoms with Crippen LogP contribution in [0.3, 0.4) is 0 Å². The van der Waals surface area contributed by atoms with Crippen LogP contribution in [0.5, 0.6) is 11.6 Å². The summed E-state index contributed by atoms with van der Waals surface area (Å²) in [6.45, 7) is 2.01. The lowest BCUT2D eigenvalue weighted by molar-refractivity contribution is 0.466. The Labute approximate surface area is 117 Å². The number of benzene rings is 1. The number of fused-ring (bicyclic) bond motifs is 1. The third-order valence-corrected chi connectivity index (χ3v) is 3.21. The minimum Gasteiger partial charge on any atom is -0.437 e. The predicted molar refractivity (Wildman–Crippen MR) is 75.0 cm³/mol. The van der Waals surface area contributed by atoms with Gasteiger partial charge >= 0.3 is 0 Å². The second-order valence-corrected chi connectivity index (χ2v) is 4.91. The number of hydrogen-bond acceptors (Lipinski definition) is 5. The number of aryl methyl sites for hydroxylation is 1. The molecule has 0 spiro atoms. The summed E-state index contributed by atoms with van der Waals surface area (Å²) >= 11 is 3.45. The average Bonchev–Trinajstić information content (AvgIpc) is 2.80. The van der Waals surface area contributed by atoms with Crippen molar-refractivity contribution < 1.29 is 4.74 Å². The average molecular weight is 320 g/mol. The number of aromatic amines is 1. The maximum absolute atomic E-state index is 5.78. The highest BCUT2D eigenvalue weighted by atomic mass is 79.9. The first-order chi connectivity index (χ1) is 9.13. The van der Waals surface area contributed by atoms with E-state index in [0.717, 1.165) is 10.0 Å². The van der Waals surface area contributed by atoms with Crippen molar-refractivity contribution in [1.82, 2.24) is 20.2 Å². The third-order valence-electron chi connectivity index (χ3n) is 2.59. The molecule has 0 fully saturated rings. The molecule has 0 aliphatic heterocycles. The van der Waals surface area contributed by atoms with E-state index in [9.17, 15) is 0 Å². The highest BCUT2D eigenvalue weighted by Crippen LogP contribution is 2.32. The minimum atomic E-state index is 0.134. The maximum Gasteiger partial charge on any atom is 0.235 e. The summed E-state index contributed by atoms with van der Waals surface area (Å²) in [7, 11) is 0. The normalized spacial score (nSPS) is 10.8. The van der Waals surface area contributed by atoms with E-state index in [0.29, 0.717) is 22.7 Å². The Bertz CT molecular complexity index is 755. The van der Waals surface area contributed by atoms with Gasteiger partial charge in [0, 0.05) is 0 Å². The molecule has 19 heavy (non-hydrogen) atoms. The van der Waals surface area contributed by atoms with Crippen LogP contribution in [0, 0.1) is 6.92 Å². The summed E-state index contributed by atoms with van der Waals surface area (Å²) < 4.78 is 6.63. The second kappa shape index (κ2) is 4.51. The van der Waals surface area contributed by atoms with Crippen molar-refractivity contribution >= 4 is 32.9 Å². The standard InChI is InChI=1S/C12H10BrN5O/c1-6-2-3-9(8(13)4-6)19-11-7-5-15-18-10(7)16-12(14)17-11/h2-5H,1H3,(H3,14,15,16,17,18). The number of nitrogens with zero attached hydrogens (tertiary/aromatic N) is 3. The minimum absolute atomic E-state index is 0.134. The lowest BCUT2D eigenvalue weighted by atomic mass is 10.2. The van der Waals surface area contributed by atoms with Gasteiger partial charge in [-0.15, -0.1) is 0 Å². The molecule has 7 heteroatoms. The fourth-order valence-electron chi connectivity index (χ4n) is 1.70. The molecule has 0 unspecified atom stereocenters. The highest BCUT2D eigenvalue weighted by molar-refractivity contribution is 9.10. The summed E-state index contributed by atoms with van der Waals surface area (Å²) in [5, 5.41) is 7.33. The lowest BCUT2D eigenvalue weighted by Gasteiger charge is -2.08. The van der Waals surface area contributed by atoms with E-state index in [1.165, 1.54) is 0 Å². The van der Waals surface area contributed by atoms with E-state index in [1.54, 1.807) is 6.20 Å². The van der Waals surface area contributed by atoms with E-state index in [1.807, 2.05) is 25.1 Å². The Balaban J connectivity index is 2.07. The number of anilines is 1. The van der Waals surface area contributed by atoms with Crippen LogP contribution in [0.2, 0.25) is 0 Å². The van der Waals surface area contributed by atoms with Crippen LogP contribution in [0.15, 0.2) is 28.9 Å². The predicted octanol–water partition coefficient (Wildman–Crippen LogP) is 2.80. The van der Waals surface area contributed by atoms with E-state index in [2.05, 4.69) is 36.1 Å². The molecule has 0 atom stereocenters.